The molecule has 3 rings (SSSR count). The molecule has 2 heterocycles. The first-order valence-electron chi connectivity index (χ1n) is 6.12. The monoisotopic (exact) mass is 238 g/mol. The van der Waals surface area contributed by atoms with Crippen LogP contribution >= 0.6 is 11.5 Å². The molecule has 1 spiro atoms. The molecule has 1 aliphatic carbocycles. The summed E-state index contributed by atoms with van der Waals surface area (Å²) >= 11 is 1.43. The van der Waals surface area contributed by atoms with Gasteiger partial charge < -0.3 is 10.6 Å². The van der Waals surface area contributed by atoms with Crippen LogP contribution in [-0.2, 0) is 0 Å². The number of piperidine rings is 1. The highest BCUT2D eigenvalue weighted by molar-refractivity contribution is 7.09. The van der Waals surface area contributed by atoms with Gasteiger partial charge in [0.05, 0.1) is 0 Å². The topological polar surface area (TPSA) is 55.0 Å². The lowest BCUT2D eigenvalue weighted by atomic mass is 9.77. The number of anilines is 2. The third-order valence-corrected chi connectivity index (χ3v) is 4.98. The molecule has 0 atom stereocenters. The highest BCUT2D eigenvalue weighted by Gasteiger charge is 2.37. The zero-order chi connectivity index (χ0) is 11.0. The second-order valence-corrected chi connectivity index (χ2v) is 5.86. The van der Waals surface area contributed by atoms with Gasteiger partial charge >= 0.3 is 0 Å². The van der Waals surface area contributed by atoms with E-state index in [0.717, 1.165) is 18.2 Å². The molecule has 1 aliphatic heterocycles. The molecule has 2 N–H and O–H groups in total. The van der Waals surface area contributed by atoms with E-state index < -0.39 is 0 Å². The van der Waals surface area contributed by atoms with E-state index in [4.69, 9.17) is 5.73 Å². The molecule has 0 radical (unpaired) electrons. The van der Waals surface area contributed by atoms with Gasteiger partial charge in [0, 0.05) is 24.6 Å². The summed E-state index contributed by atoms with van der Waals surface area (Å²) < 4.78 is 4.05. The summed E-state index contributed by atoms with van der Waals surface area (Å²) in [6, 6.07) is 0. The van der Waals surface area contributed by atoms with Crippen LogP contribution in [0.4, 0.5) is 11.1 Å². The van der Waals surface area contributed by atoms with Gasteiger partial charge in [0.2, 0.25) is 11.1 Å². The van der Waals surface area contributed by atoms with Gasteiger partial charge in [-0.2, -0.15) is 9.36 Å². The Labute approximate surface area is 100 Å². The maximum Gasteiger partial charge on any atom is 0.233 e. The summed E-state index contributed by atoms with van der Waals surface area (Å²) in [5.41, 5.74) is 6.24. The smallest absolute Gasteiger partial charge is 0.233 e. The number of nitrogen functional groups attached to an aromatic ring is 1. The van der Waals surface area contributed by atoms with Crippen molar-refractivity contribution in [3.63, 3.8) is 0 Å². The predicted octanol–water partition coefficient (Wildman–Crippen LogP) is 2.28. The standard InChI is InChI=1S/C11H18N4S/c12-9-13-10(16-14-9)15-7-5-11(6-8-15)3-1-2-4-11/h1-8H2,(H2,12,14). The lowest BCUT2D eigenvalue weighted by Gasteiger charge is -2.39. The van der Waals surface area contributed by atoms with E-state index in [0.29, 0.717) is 11.4 Å². The molecule has 5 heteroatoms. The average molecular weight is 238 g/mol. The summed E-state index contributed by atoms with van der Waals surface area (Å²) in [5.74, 6) is 0.418. The van der Waals surface area contributed by atoms with Gasteiger partial charge in [0.15, 0.2) is 0 Å². The molecular formula is C11H18N4S. The van der Waals surface area contributed by atoms with Gasteiger partial charge in [-0.25, -0.2) is 0 Å². The van der Waals surface area contributed by atoms with E-state index >= 15 is 0 Å². The van der Waals surface area contributed by atoms with Crippen LogP contribution in [0.5, 0.6) is 0 Å². The Morgan fingerprint density at radius 1 is 1.12 bits per heavy atom. The Balaban J connectivity index is 1.66. The second kappa shape index (κ2) is 3.87. The first-order valence-corrected chi connectivity index (χ1v) is 6.89. The average Bonchev–Trinajstić information content (AvgIpc) is 2.90. The molecule has 0 unspecified atom stereocenters. The summed E-state index contributed by atoms with van der Waals surface area (Å²) in [4.78, 5) is 6.61. The third kappa shape index (κ3) is 1.77. The fourth-order valence-corrected chi connectivity index (χ4v) is 3.80. The Kier molecular flexibility index (Phi) is 2.50. The van der Waals surface area contributed by atoms with Crippen LogP contribution in [0.15, 0.2) is 0 Å². The van der Waals surface area contributed by atoms with Crippen LogP contribution in [0.3, 0.4) is 0 Å². The lowest BCUT2D eigenvalue weighted by molar-refractivity contribution is 0.226. The molecule has 1 aromatic heterocycles. The first-order chi connectivity index (χ1) is 7.77. The largest absolute Gasteiger partial charge is 0.367 e. The molecule has 0 amide bonds. The second-order valence-electron chi connectivity index (χ2n) is 5.13. The Morgan fingerprint density at radius 3 is 2.38 bits per heavy atom. The number of hydrogen-bond donors (Lipinski definition) is 1. The van der Waals surface area contributed by atoms with Crippen molar-refractivity contribution in [2.45, 2.75) is 38.5 Å². The fraction of sp³-hybridized carbons (Fsp3) is 0.818. The van der Waals surface area contributed by atoms with Crippen LogP contribution in [0.2, 0.25) is 0 Å². The van der Waals surface area contributed by atoms with Crippen molar-refractivity contribution in [3.8, 4) is 0 Å². The number of aromatic nitrogens is 2. The molecule has 0 aromatic carbocycles. The predicted molar refractivity (Wildman–Crippen MR) is 66.7 cm³/mol. The van der Waals surface area contributed by atoms with Gasteiger partial charge in [-0.15, -0.1) is 0 Å². The van der Waals surface area contributed by atoms with E-state index in [-0.39, 0.29) is 0 Å². The van der Waals surface area contributed by atoms with Crippen LogP contribution in [0, 0.1) is 5.41 Å². The maximum absolute atomic E-state index is 5.56. The molecule has 2 fully saturated rings. The summed E-state index contributed by atoms with van der Waals surface area (Å²) in [5, 5.41) is 1.00. The molecule has 0 bridgehead atoms. The van der Waals surface area contributed by atoms with E-state index in [1.807, 2.05) is 0 Å². The minimum atomic E-state index is 0.418. The van der Waals surface area contributed by atoms with Crippen molar-refractivity contribution < 1.29 is 0 Å². The number of nitrogens with two attached hydrogens (primary N) is 1. The lowest BCUT2D eigenvalue weighted by Crippen LogP contribution is -2.38. The highest BCUT2D eigenvalue weighted by atomic mass is 32.1. The van der Waals surface area contributed by atoms with Gasteiger partial charge in [-0.05, 0) is 31.1 Å². The molecule has 2 aliphatic rings. The number of nitrogens with zero attached hydrogens (tertiary/aromatic N) is 3. The minimum Gasteiger partial charge on any atom is -0.367 e. The number of rotatable bonds is 1. The van der Waals surface area contributed by atoms with Crippen molar-refractivity contribution in [2.24, 2.45) is 5.41 Å². The third-order valence-electron chi connectivity index (χ3n) is 4.19. The van der Waals surface area contributed by atoms with Gasteiger partial charge in [0.25, 0.3) is 0 Å². The Bertz CT molecular complexity index is 360. The molecule has 1 saturated carbocycles. The molecule has 1 aromatic rings. The van der Waals surface area contributed by atoms with Gasteiger partial charge in [0.1, 0.15) is 0 Å². The summed E-state index contributed by atoms with van der Waals surface area (Å²) in [6.45, 7) is 2.27. The van der Waals surface area contributed by atoms with Crippen molar-refractivity contribution >= 4 is 22.6 Å². The summed E-state index contributed by atoms with van der Waals surface area (Å²) in [6.07, 6.45) is 8.41. The minimum absolute atomic E-state index is 0.418. The van der Waals surface area contributed by atoms with Gasteiger partial charge in [-0.3, -0.25) is 0 Å². The normalized spacial score (nSPS) is 24.1. The van der Waals surface area contributed by atoms with E-state index in [1.165, 1.54) is 50.1 Å². The van der Waals surface area contributed by atoms with Crippen LogP contribution in [0.25, 0.3) is 0 Å². The SMILES string of the molecule is Nc1nsc(N2CCC3(CCCC3)CC2)n1. The highest BCUT2D eigenvalue weighted by Crippen LogP contribution is 2.46. The first kappa shape index (κ1) is 10.3. The molecule has 4 nitrogen and oxygen atoms in total. The molecule has 1 saturated heterocycles. The van der Waals surface area contributed by atoms with Crippen molar-refractivity contribution in [1.82, 2.24) is 9.36 Å². The quantitative estimate of drug-likeness (QED) is 0.815. The molecular weight excluding hydrogens is 220 g/mol. The van der Waals surface area contributed by atoms with Crippen molar-refractivity contribution in [1.29, 1.82) is 0 Å². The summed E-state index contributed by atoms with van der Waals surface area (Å²) in [7, 11) is 0. The van der Waals surface area contributed by atoms with E-state index in [1.54, 1.807) is 0 Å². The molecule has 16 heavy (non-hydrogen) atoms. The maximum atomic E-state index is 5.56. The Hall–Kier alpha value is -0.840. The van der Waals surface area contributed by atoms with Crippen LogP contribution in [-0.4, -0.2) is 22.4 Å². The van der Waals surface area contributed by atoms with Gasteiger partial charge in [-0.1, -0.05) is 12.8 Å². The number of hydrogen-bond acceptors (Lipinski definition) is 5. The molecule has 88 valence electrons. The van der Waals surface area contributed by atoms with E-state index in [9.17, 15) is 0 Å². The van der Waals surface area contributed by atoms with Crippen molar-refractivity contribution in [2.75, 3.05) is 23.7 Å². The van der Waals surface area contributed by atoms with Crippen LogP contribution < -0.4 is 10.6 Å². The van der Waals surface area contributed by atoms with E-state index in [2.05, 4.69) is 14.3 Å². The fourth-order valence-electron chi connectivity index (χ4n) is 3.15. The van der Waals surface area contributed by atoms with Crippen molar-refractivity contribution in [3.05, 3.63) is 0 Å². The zero-order valence-corrected chi connectivity index (χ0v) is 10.3. The van der Waals surface area contributed by atoms with Crippen LogP contribution in [0.1, 0.15) is 38.5 Å². The Morgan fingerprint density at radius 2 is 1.81 bits per heavy atom. The zero-order valence-electron chi connectivity index (χ0n) is 9.48.